The molecule has 0 bridgehead atoms. The van der Waals surface area contributed by atoms with Crippen LogP contribution in [0.4, 0.5) is 0 Å². The molecule has 0 radical (unpaired) electrons. The van der Waals surface area contributed by atoms with Crippen molar-refractivity contribution in [2.45, 2.75) is 69.8 Å². The molecule has 2 N–H and O–H groups in total. The number of hydrogen-bond acceptors (Lipinski definition) is 7. The van der Waals surface area contributed by atoms with Gasteiger partial charge in [0.1, 0.15) is 18.3 Å². The lowest BCUT2D eigenvalue weighted by atomic mass is 10.1. The van der Waals surface area contributed by atoms with E-state index in [1.54, 1.807) is 0 Å². The van der Waals surface area contributed by atoms with Gasteiger partial charge in [-0.15, -0.1) is 0 Å². The van der Waals surface area contributed by atoms with E-state index in [-0.39, 0.29) is 31.0 Å². The molecule has 27 heavy (non-hydrogen) atoms. The summed E-state index contributed by atoms with van der Waals surface area (Å²) in [5.74, 6) is 0. The highest BCUT2D eigenvalue weighted by atomic mass is 16.6. The molecule has 0 amide bonds. The first kappa shape index (κ1) is 23.0. The molecule has 2 saturated heterocycles. The van der Waals surface area contributed by atoms with E-state index >= 15 is 0 Å². The van der Waals surface area contributed by atoms with Gasteiger partial charge in [0.15, 0.2) is 0 Å². The Morgan fingerprint density at radius 3 is 2.37 bits per heavy atom. The zero-order valence-electron chi connectivity index (χ0n) is 16.9. The number of nitrogens with one attached hydrogen (secondary N) is 1. The van der Waals surface area contributed by atoms with Crippen LogP contribution in [0.1, 0.15) is 45.4 Å². The van der Waals surface area contributed by atoms with Gasteiger partial charge in [-0.3, -0.25) is 0 Å². The van der Waals surface area contributed by atoms with Crippen LogP contribution in [0.3, 0.4) is 0 Å². The Labute approximate surface area is 164 Å². The summed E-state index contributed by atoms with van der Waals surface area (Å²) >= 11 is 0. The smallest absolute Gasteiger partial charge is 0.114 e. The molecule has 2 rings (SSSR count). The summed E-state index contributed by atoms with van der Waals surface area (Å²) in [6, 6.07) is 0.277. The minimum absolute atomic E-state index is 0.00918. The second-order valence-corrected chi connectivity index (χ2v) is 7.28. The molecule has 7 heteroatoms. The largest absolute Gasteiger partial charge is 0.394 e. The van der Waals surface area contributed by atoms with Gasteiger partial charge in [0.25, 0.3) is 0 Å². The number of rotatable bonds is 17. The first-order valence-corrected chi connectivity index (χ1v) is 10.7. The van der Waals surface area contributed by atoms with Crippen LogP contribution < -0.4 is 5.32 Å². The fourth-order valence-electron chi connectivity index (χ4n) is 3.62. The first-order chi connectivity index (χ1) is 13.4. The summed E-state index contributed by atoms with van der Waals surface area (Å²) in [5, 5.41) is 12.2. The van der Waals surface area contributed by atoms with Crippen LogP contribution in [0.15, 0.2) is 0 Å². The van der Waals surface area contributed by atoms with Crippen molar-refractivity contribution in [2.75, 3.05) is 59.4 Å². The fraction of sp³-hybridized carbons (Fsp3) is 1.00. The van der Waals surface area contributed by atoms with Gasteiger partial charge in [-0.05, 0) is 13.0 Å². The third kappa shape index (κ3) is 8.73. The molecule has 7 nitrogen and oxygen atoms in total. The Hall–Kier alpha value is -0.280. The van der Waals surface area contributed by atoms with Gasteiger partial charge in [-0.25, -0.2) is 0 Å². The van der Waals surface area contributed by atoms with E-state index < -0.39 is 0 Å². The van der Waals surface area contributed by atoms with Crippen molar-refractivity contribution in [3.63, 3.8) is 0 Å². The summed E-state index contributed by atoms with van der Waals surface area (Å²) in [4.78, 5) is 0. The third-order valence-corrected chi connectivity index (χ3v) is 5.11. The normalized spacial score (nSPS) is 27.3. The van der Waals surface area contributed by atoms with E-state index in [4.69, 9.17) is 28.8 Å². The monoisotopic (exact) mass is 389 g/mol. The van der Waals surface area contributed by atoms with Gasteiger partial charge in [-0.2, -0.15) is 0 Å². The zero-order valence-corrected chi connectivity index (χ0v) is 16.9. The van der Waals surface area contributed by atoms with Crippen molar-refractivity contribution < 1.29 is 28.8 Å². The Kier molecular flexibility index (Phi) is 12.5. The summed E-state index contributed by atoms with van der Waals surface area (Å²) in [5.41, 5.74) is 0. The molecule has 0 saturated carbocycles. The highest BCUT2D eigenvalue weighted by Crippen LogP contribution is 2.28. The van der Waals surface area contributed by atoms with E-state index in [0.717, 1.165) is 6.54 Å². The van der Waals surface area contributed by atoms with Gasteiger partial charge < -0.3 is 34.1 Å². The van der Waals surface area contributed by atoms with E-state index in [2.05, 4.69) is 12.2 Å². The van der Waals surface area contributed by atoms with E-state index in [0.29, 0.717) is 46.2 Å². The second-order valence-electron chi connectivity index (χ2n) is 7.28. The predicted molar refractivity (Wildman–Crippen MR) is 103 cm³/mol. The minimum atomic E-state index is -0.00918. The molecular formula is C20H39NO6. The third-order valence-electron chi connectivity index (χ3n) is 5.11. The lowest BCUT2D eigenvalue weighted by molar-refractivity contribution is -0.0550. The summed E-state index contributed by atoms with van der Waals surface area (Å²) in [7, 11) is 0. The number of hydrogen-bond donors (Lipinski definition) is 2. The lowest BCUT2D eigenvalue weighted by Gasteiger charge is -2.18. The molecule has 0 aromatic carbocycles. The number of aliphatic hydroxyl groups excluding tert-OH is 1. The number of unbranched alkanes of at least 4 members (excludes halogenated alkanes) is 5. The van der Waals surface area contributed by atoms with Gasteiger partial charge >= 0.3 is 0 Å². The Morgan fingerprint density at radius 1 is 0.852 bits per heavy atom. The van der Waals surface area contributed by atoms with Crippen LogP contribution in [0.2, 0.25) is 0 Å². The fourth-order valence-corrected chi connectivity index (χ4v) is 3.62. The van der Waals surface area contributed by atoms with Crippen molar-refractivity contribution in [3.8, 4) is 0 Å². The molecule has 2 heterocycles. The maximum absolute atomic E-state index is 8.61. The number of fused-ring (bicyclic) bond motifs is 1. The molecule has 2 fully saturated rings. The van der Waals surface area contributed by atoms with Gasteiger partial charge in [0, 0.05) is 0 Å². The first-order valence-electron chi connectivity index (χ1n) is 10.7. The number of ether oxygens (including phenoxy) is 5. The molecular weight excluding hydrogens is 350 g/mol. The molecule has 0 spiro atoms. The SMILES string of the molecule is CCCCCCCCN[C@H]1CO[C@@H]2[C@@H]1OC[C@H]2OCCOCCOCCO. The molecule has 0 aromatic rings. The van der Waals surface area contributed by atoms with Crippen molar-refractivity contribution in [1.82, 2.24) is 5.32 Å². The molecule has 0 aliphatic carbocycles. The minimum Gasteiger partial charge on any atom is -0.394 e. The highest BCUT2D eigenvalue weighted by molar-refractivity contribution is 4.98. The Bertz CT molecular complexity index is 359. The summed E-state index contributed by atoms with van der Waals surface area (Å²) < 4.78 is 28.3. The Morgan fingerprint density at radius 2 is 1.56 bits per heavy atom. The van der Waals surface area contributed by atoms with Crippen molar-refractivity contribution in [1.29, 1.82) is 0 Å². The van der Waals surface area contributed by atoms with Crippen molar-refractivity contribution >= 4 is 0 Å². The highest BCUT2D eigenvalue weighted by Gasteiger charge is 2.47. The average Bonchev–Trinajstić information content (AvgIpc) is 3.26. The quantitative estimate of drug-likeness (QED) is 0.365. The van der Waals surface area contributed by atoms with Crippen LogP contribution in [-0.4, -0.2) is 88.9 Å². The summed E-state index contributed by atoms with van der Waals surface area (Å²) in [6.45, 7) is 7.02. The molecule has 4 atom stereocenters. The van der Waals surface area contributed by atoms with Crippen LogP contribution >= 0.6 is 0 Å². The van der Waals surface area contributed by atoms with E-state index in [1.165, 1.54) is 38.5 Å². The maximum Gasteiger partial charge on any atom is 0.114 e. The van der Waals surface area contributed by atoms with Gasteiger partial charge in [0.2, 0.25) is 0 Å². The topological polar surface area (TPSA) is 78.4 Å². The van der Waals surface area contributed by atoms with Gasteiger partial charge in [-0.1, -0.05) is 39.0 Å². The van der Waals surface area contributed by atoms with Crippen molar-refractivity contribution in [3.05, 3.63) is 0 Å². The lowest BCUT2D eigenvalue weighted by Crippen LogP contribution is -2.41. The molecule has 160 valence electrons. The van der Waals surface area contributed by atoms with Crippen LogP contribution in [0.25, 0.3) is 0 Å². The molecule has 2 aliphatic rings. The number of aliphatic hydroxyl groups is 1. The molecule has 0 aromatic heterocycles. The van der Waals surface area contributed by atoms with E-state index in [1.807, 2.05) is 0 Å². The zero-order chi connectivity index (χ0) is 19.2. The molecule has 2 aliphatic heterocycles. The maximum atomic E-state index is 8.61. The molecule has 0 unspecified atom stereocenters. The van der Waals surface area contributed by atoms with Gasteiger partial charge in [0.05, 0.1) is 58.9 Å². The van der Waals surface area contributed by atoms with Crippen molar-refractivity contribution in [2.24, 2.45) is 0 Å². The Balaban J connectivity index is 1.48. The van der Waals surface area contributed by atoms with Crippen LogP contribution in [0.5, 0.6) is 0 Å². The summed E-state index contributed by atoms with van der Waals surface area (Å²) in [6.07, 6.45) is 7.98. The second kappa shape index (κ2) is 14.7. The van der Waals surface area contributed by atoms with Crippen LogP contribution in [-0.2, 0) is 23.7 Å². The van der Waals surface area contributed by atoms with E-state index in [9.17, 15) is 0 Å². The standard InChI is InChI=1S/C20H39NO6/c1-2-3-4-5-6-7-8-21-17-15-26-20-18(16-27-19(17)20)25-14-13-24-12-11-23-10-9-22/h17-22H,2-16H2,1H3/t17-,18+,19+,20-/m0/s1. The predicted octanol–water partition coefficient (Wildman–Crippen LogP) is 1.51. The van der Waals surface area contributed by atoms with Crippen LogP contribution in [0, 0.1) is 0 Å². The average molecular weight is 390 g/mol.